The van der Waals surface area contributed by atoms with E-state index in [4.69, 9.17) is 0 Å². The molecule has 178 valence electrons. The quantitative estimate of drug-likeness (QED) is 0.184. The summed E-state index contributed by atoms with van der Waals surface area (Å²) in [4.78, 5) is 14.0. The Bertz CT molecular complexity index is 1300. The molecule has 6 N–H and O–H groups in total. The van der Waals surface area contributed by atoms with Crippen LogP contribution in [0.1, 0.15) is 28.4 Å². The predicted molar refractivity (Wildman–Crippen MR) is 136 cm³/mol. The number of phenols is 2. The third-order valence-corrected chi connectivity index (χ3v) is 6.69. The van der Waals surface area contributed by atoms with Gasteiger partial charge in [-0.3, -0.25) is 4.79 Å². The summed E-state index contributed by atoms with van der Waals surface area (Å²) >= 11 is 0.989. The highest BCUT2D eigenvalue weighted by atomic mass is 32.1. The molecule has 0 aliphatic heterocycles. The number of hydrogen-bond donors (Lipinski definition) is 6. The number of aliphatic hydroxyl groups excluding tert-OH is 1. The van der Waals surface area contributed by atoms with Crippen molar-refractivity contribution in [3.05, 3.63) is 92.6 Å². The molecule has 0 saturated carbocycles. The van der Waals surface area contributed by atoms with Gasteiger partial charge in [0.1, 0.15) is 17.0 Å². The lowest BCUT2D eigenvalue weighted by atomic mass is 10.1. The van der Waals surface area contributed by atoms with Crippen molar-refractivity contribution in [3.8, 4) is 11.5 Å². The van der Waals surface area contributed by atoms with Crippen LogP contribution in [-0.2, 0) is 19.4 Å². The van der Waals surface area contributed by atoms with Crippen LogP contribution in [0, 0.1) is 0 Å². The average Bonchev–Trinajstić information content (AvgIpc) is 3.23. The first kappa shape index (κ1) is 24.0. The molecule has 34 heavy (non-hydrogen) atoms. The number of aromatic amines is 1. The number of fused-ring (bicyclic) bond motifs is 1. The zero-order valence-corrected chi connectivity index (χ0v) is 19.6. The van der Waals surface area contributed by atoms with Crippen LogP contribution >= 0.6 is 11.3 Å². The lowest BCUT2D eigenvalue weighted by Crippen LogP contribution is -2.24. The minimum Gasteiger partial charge on any atom is -0.508 e. The van der Waals surface area contributed by atoms with E-state index in [2.05, 4.69) is 33.8 Å². The summed E-state index contributed by atoms with van der Waals surface area (Å²) in [6, 6.07) is 18.9. The van der Waals surface area contributed by atoms with E-state index in [9.17, 15) is 20.1 Å². The maximum Gasteiger partial charge on any atom is 0.305 e. The summed E-state index contributed by atoms with van der Waals surface area (Å²) in [6.07, 6.45) is 0.807. The highest BCUT2D eigenvalue weighted by Crippen LogP contribution is 2.31. The number of H-pyrrole nitrogens is 1. The topological polar surface area (TPSA) is 118 Å². The number of aliphatic hydroxyl groups is 1. The normalized spacial score (nSPS) is 12.3. The van der Waals surface area contributed by atoms with Gasteiger partial charge >= 0.3 is 4.87 Å². The summed E-state index contributed by atoms with van der Waals surface area (Å²) in [5.41, 5.74) is 4.34. The minimum atomic E-state index is -0.783. The Hall–Kier alpha value is -3.17. The molecule has 3 aromatic carbocycles. The maximum atomic E-state index is 11.7. The fourth-order valence-electron chi connectivity index (χ4n) is 3.96. The molecule has 7 nitrogen and oxygen atoms in total. The molecular formula is C26H29N3O4S. The molecule has 0 amide bonds. The van der Waals surface area contributed by atoms with E-state index >= 15 is 0 Å². The van der Waals surface area contributed by atoms with Gasteiger partial charge in [0.25, 0.3) is 0 Å². The van der Waals surface area contributed by atoms with Gasteiger partial charge in [-0.25, -0.2) is 0 Å². The number of hydrogen-bond acceptors (Lipinski definition) is 7. The van der Waals surface area contributed by atoms with Crippen LogP contribution in [0.5, 0.6) is 11.5 Å². The zero-order valence-electron chi connectivity index (χ0n) is 18.8. The molecule has 0 bridgehead atoms. The first-order valence-electron chi connectivity index (χ1n) is 11.3. The summed E-state index contributed by atoms with van der Waals surface area (Å²) in [5, 5.41) is 37.1. The second-order valence-corrected chi connectivity index (χ2v) is 9.22. The van der Waals surface area contributed by atoms with Gasteiger partial charge in [-0.2, -0.15) is 0 Å². The monoisotopic (exact) mass is 479 g/mol. The van der Waals surface area contributed by atoms with Crippen LogP contribution < -0.4 is 15.5 Å². The van der Waals surface area contributed by atoms with Gasteiger partial charge < -0.3 is 30.9 Å². The Morgan fingerprint density at radius 3 is 2.53 bits per heavy atom. The lowest BCUT2D eigenvalue weighted by Gasteiger charge is -2.14. The molecule has 0 fully saturated rings. The minimum absolute atomic E-state index is 0.00448. The predicted octanol–water partition coefficient (Wildman–Crippen LogP) is 3.20. The lowest BCUT2D eigenvalue weighted by molar-refractivity contribution is 0.176. The van der Waals surface area contributed by atoms with E-state index in [0.29, 0.717) is 34.6 Å². The molecule has 0 radical (unpaired) electrons. The van der Waals surface area contributed by atoms with Gasteiger partial charge in [-0.05, 0) is 54.8 Å². The molecular weight excluding hydrogens is 450 g/mol. The molecule has 4 aromatic rings. The first-order chi connectivity index (χ1) is 16.5. The van der Waals surface area contributed by atoms with Crippen LogP contribution in [0.3, 0.4) is 0 Å². The third kappa shape index (κ3) is 6.03. The Labute approximate surface area is 201 Å². The number of aromatic hydroxyl groups is 2. The van der Waals surface area contributed by atoms with Crippen LogP contribution in [0.2, 0.25) is 0 Å². The van der Waals surface area contributed by atoms with Crippen molar-refractivity contribution >= 4 is 21.6 Å². The van der Waals surface area contributed by atoms with E-state index in [-0.39, 0.29) is 10.6 Å². The fraction of sp³-hybridized carbons (Fsp3) is 0.269. The number of benzene rings is 3. The van der Waals surface area contributed by atoms with Crippen LogP contribution in [0.4, 0.5) is 0 Å². The molecule has 0 saturated heterocycles. The Morgan fingerprint density at radius 1 is 0.882 bits per heavy atom. The third-order valence-electron chi connectivity index (χ3n) is 5.76. The molecule has 0 aliphatic carbocycles. The number of para-hydroxylation sites is 1. The van der Waals surface area contributed by atoms with Gasteiger partial charge in [-0.1, -0.05) is 59.9 Å². The van der Waals surface area contributed by atoms with Gasteiger partial charge in [0.2, 0.25) is 0 Å². The highest BCUT2D eigenvalue weighted by molar-refractivity contribution is 7.16. The number of rotatable bonds is 11. The van der Waals surface area contributed by atoms with Crippen LogP contribution in [-0.4, -0.2) is 39.9 Å². The Morgan fingerprint density at radius 2 is 1.68 bits per heavy atom. The molecule has 0 spiro atoms. The maximum absolute atomic E-state index is 11.7. The number of thiazole rings is 1. The summed E-state index contributed by atoms with van der Waals surface area (Å²) in [6.45, 7) is 2.58. The highest BCUT2D eigenvalue weighted by Gasteiger charge is 2.15. The second kappa shape index (κ2) is 11.3. The zero-order chi connectivity index (χ0) is 23.9. The second-order valence-electron chi connectivity index (χ2n) is 8.24. The number of nitrogens with one attached hydrogen (secondary N) is 3. The Kier molecular flexibility index (Phi) is 7.97. The van der Waals surface area contributed by atoms with Gasteiger partial charge in [0, 0.05) is 18.7 Å². The Balaban J connectivity index is 1.22. The smallest absolute Gasteiger partial charge is 0.305 e. The van der Waals surface area contributed by atoms with Crippen molar-refractivity contribution in [3.63, 3.8) is 0 Å². The fourth-order valence-corrected chi connectivity index (χ4v) is 4.87. The van der Waals surface area contributed by atoms with E-state index in [0.717, 1.165) is 42.8 Å². The van der Waals surface area contributed by atoms with Crippen molar-refractivity contribution in [1.82, 2.24) is 15.6 Å². The van der Waals surface area contributed by atoms with E-state index in [1.807, 2.05) is 24.3 Å². The molecule has 4 rings (SSSR count). The van der Waals surface area contributed by atoms with Gasteiger partial charge in [0.15, 0.2) is 0 Å². The summed E-state index contributed by atoms with van der Waals surface area (Å²) < 4.78 is 0.585. The van der Waals surface area contributed by atoms with Crippen LogP contribution in [0.25, 0.3) is 10.2 Å². The van der Waals surface area contributed by atoms with Crippen LogP contribution in [0.15, 0.2) is 65.5 Å². The molecule has 1 heterocycles. The molecule has 1 atom stereocenters. The van der Waals surface area contributed by atoms with E-state index < -0.39 is 6.10 Å². The molecule has 8 heteroatoms. The van der Waals surface area contributed by atoms with Crippen molar-refractivity contribution in [2.75, 3.05) is 19.6 Å². The van der Waals surface area contributed by atoms with Crippen molar-refractivity contribution in [1.29, 1.82) is 0 Å². The number of aromatic nitrogens is 1. The molecule has 1 unspecified atom stereocenters. The van der Waals surface area contributed by atoms with E-state index in [1.54, 1.807) is 12.1 Å². The summed E-state index contributed by atoms with van der Waals surface area (Å²) in [5.74, 6) is 0.340. The largest absolute Gasteiger partial charge is 0.508 e. The first-order valence-corrected chi connectivity index (χ1v) is 12.1. The average molecular weight is 480 g/mol. The van der Waals surface area contributed by atoms with Gasteiger partial charge in [-0.15, -0.1) is 0 Å². The molecule has 0 aliphatic rings. The standard InChI is InChI=1S/C26H29N3O4S/c30-21-7-2-1-6-19(21)11-13-27-15-18-5-3-4-17(14-18)10-12-28-16-23(32)20-8-9-22(31)24-25(20)34-26(33)29-24/h1-9,14,23,27-28,30-32H,10-13,15-16H2,(H,29,33). The summed E-state index contributed by atoms with van der Waals surface area (Å²) in [7, 11) is 0. The number of phenolic OH excluding ortho intramolecular Hbond substituents is 2. The van der Waals surface area contributed by atoms with Crippen molar-refractivity contribution in [2.24, 2.45) is 0 Å². The van der Waals surface area contributed by atoms with E-state index in [1.165, 1.54) is 17.2 Å². The van der Waals surface area contributed by atoms with Crippen molar-refractivity contribution in [2.45, 2.75) is 25.5 Å². The molecule has 1 aromatic heterocycles. The van der Waals surface area contributed by atoms with Gasteiger partial charge in [0.05, 0.1) is 10.8 Å². The van der Waals surface area contributed by atoms with Crippen molar-refractivity contribution < 1.29 is 15.3 Å². The SMILES string of the molecule is O=c1[nH]c2c(O)ccc(C(O)CNCCc3cccc(CNCCc4ccccc4O)c3)c2s1.